The molecule has 0 saturated heterocycles. The number of thioether (sulfide) groups is 1. The van der Waals surface area contributed by atoms with E-state index in [0.717, 1.165) is 29.8 Å². The van der Waals surface area contributed by atoms with Crippen LogP contribution in [-0.4, -0.2) is 15.0 Å². The van der Waals surface area contributed by atoms with Gasteiger partial charge in [-0.25, -0.2) is 9.97 Å². The number of H-pyrrole nitrogens is 1. The number of aryl methyl sites for hydroxylation is 1. The fourth-order valence-corrected chi connectivity index (χ4v) is 2.94. The van der Waals surface area contributed by atoms with Crippen molar-refractivity contribution >= 4 is 11.8 Å². The number of hydrogen-bond donors (Lipinski definition) is 1. The van der Waals surface area contributed by atoms with Crippen molar-refractivity contribution in [2.75, 3.05) is 0 Å². The summed E-state index contributed by atoms with van der Waals surface area (Å²) in [6.07, 6.45) is 3.41. The van der Waals surface area contributed by atoms with Crippen LogP contribution >= 0.6 is 11.8 Å². The molecule has 0 saturated carbocycles. The van der Waals surface area contributed by atoms with E-state index < -0.39 is 0 Å². The van der Waals surface area contributed by atoms with Crippen molar-refractivity contribution in [1.82, 2.24) is 15.0 Å². The Morgan fingerprint density at radius 3 is 2.78 bits per heavy atom. The highest BCUT2D eigenvalue weighted by Crippen LogP contribution is 2.22. The van der Waals surface area contributed by atoms with Gasteiger partial charge in [-0.05, 0) is 18.6 Å². The maximum Gasteiger partial charge on any atom is 0.251 e. The van der Waals surface area contributed by atoms with Crippen molar-refractivity contribution < 1.29 is 4.42 Å². The van der Waals surface area contributed by atoms with Crippen LogP contribution in [0.5, 0.6) is 0 Å². The van der Waals surface area contributed by atoms with Gasteiger partial charge in [-0.1, -0.05) is 43.3 Å². The van der Waals surface area contributed by atoms with Crippen molar-refractivity contribution in [3.63, 3.8) is 0 Å². The first-order valence-corrected chi connectivity index (χ1v) is 8.46. The molecule has 5 nitrogen and oxygen atoms in total. The van der Waals surface area contributed by atoms with Crippen LogP contribution in [0.3, 0.4) is 0 Å². The van der Waals surface area contributed by atoms with Crippen LogP contribution in [0.2, 0.25) is 0 Å². The average Bonchev–Trinajstić information content (AvgIpc) is 3.03. The molecule has 6 heteroatoms. The van der Waals surface area contributed by atoms with Crippen molar-refractivity contribution in [3.8, 4) is 11.5 Å². The van der Waals surface area contributed by atoms with Gasteiger partial charge in [0.2, 0.25) is 5.89 Å². The SMILES string of the molecule is CCCc1cc(=O)[nH]c(SCc2coc(-c3ccccc3)n2)n1. The van der Waals surface area contributed by atoms with Gasteiger partial charge in [0.1, 0.15) is 6.26 Å². The van der Waals surface area contributed by atoms with Crippen LogP contribution in [0.1, 0.15) is 24.7 Å². The summed E-state index contributed by atoms with van der Waals surface area (Å²) in [5.74, 6) is 1.19. The molecule has 3 rings (SSSR count). The number of rotatable bonds is 6. The standard InChI is InChI=1S/C17H17N3O2S/c1-2-6-13-9-15(21)20-17(19-13)23-11-14-10-22-16(18-14)12-7-4-3-5-8-12/h3-5,7-10H,2,6,11H2,1H3,(H,19,20,21). The summed E-state index contributed by atoms with van der Waals surface area (Å²) >= 11 is 1.45. The summed E-state index contributed by atoms with van der Waals surface area (Å²) in [5, 5.41) is 0.616. The van der Waals surface area contributed by atoms with Crippen molar-refractivity contribution in [2.24, 2.45) is 0 Å². The lowest BCUT2D eigenvalue weighted by molar-refractivity contribution is 0.573. The van der Waals surface area contributed by atoms with Gasteiger partial charge in [0.05, 0.1) is 5.69 Å². The van der Waals surface area contributed by atoms with E-state index in [1.807, 2.05) is 30.3 Å². The first kappa shape index (κ1) is 15.6. The van der Waals surface area contributed by atoms with Crippen molar-refractivity contribution in [2.45, 2.75) is 30.7 Å². The molecule has 0 atom stereocenters. The molecule has 0 unspecified atom stereocenters. The van der Waals surface area contributed by atoms with E-state index in [0.29, 0.717) is 16.8 Å². The monoisotopic (exact) mass is 327 g/mol. The van der Waals surface area contributed by atoms with Gasteiger partial charge in [0.15, 0.2) is 5.16 Å². The maximum absolute atomic E-state index is 11.6. The summed E-state index contributed by atoms with van der Waals surface area (Å²) in [6, 6.07) is 11.3. The Balaban J connectivity index is 1.69. The Morgan fingerprint density at radius 2 is 2.00 bits per heavy atom. The largest absolute Gasteiger partial charge is 0.444 e. The molecule has 1 aromatic carbocycles. The summed E-state index contributed by atoms with van der Waals surface area (Å²) in [4.78, 5) is 23.3. The number of nitrogens with zero attached hydrogens (tertiary/aromatic N) is 2. The number of aromatic nitrogens is 3. The van der Waals surface area contributed by atoms with Crippen LogP contribution in [0, 0.1) is 0 Å². The number of hydrogen-bond acceptors (Lipinski definition) is 5. The van der Waals surface area contributed by atoms with E-state index in [-0.39, 0.29) is 5.56 Å². The molecule has 23 heavy (non-hydrogen) atoms. The summed E-state index contributed by atoms with van der Waals surface area (Å²) < 4.78 is 5.51. The van der Waals surface area contributed by atoms with Crippen LogP contribution in [0.25, 0.3) is 11.5 Å². The molecule has 118 valence electrons. The summed E-state index contributed by atoms with van der Waals surface area (Å²) in [5.41, 5.74) is 2.47. The highest BCUT2D eigenvalue weighted by atomic mass is 32.2. The summed E-state index contributed by atoms with van der Waals surface area (Å²) in [7, 11) is 0. The van der Waals surface area contributed by atoms with Crippen molar-refractivity contribution in [1.29, 1.82) is 0 Å². The molecule has 3 aromatic rings. The Bertz CT molecular complexity index is 827. The van der Waals surface area contributed by atoms with E-state index in [2.05, 4.69) is 21.9 Å². The third-order valence-corrected chi connectivity index (χ3v) is 4.12. The third kappa shape index (κ3) is 4.10. The smallest absolute Gasteiger partial charge is 0.251 e. The van der Waals surface area contributed by atoms with E-state index >= 15 is 0 Å². The minimum Gasteiger partial charge on any atom is -0.444 e. The zero-order valence-electron chi connectivity index (χ0n) is 12.8. The molecule has 2 aromatic heterocycles. The lowest BCUT2D eigenvalue weighted by Crippen LogP contribution is -2.09. The third-order valence-electron chi connectivity index (χ3n) is 3.21. The number of nitrogens with one attached hydrogen (secondary N) is 1. The van der Waals surface area contributed by atoms with E-state index in [9.17, 15) is 4.79 Å². The Kier molecular flexibility index (Phi) is 4.92. The molecule has 0 amide bonds. The topological polar surface area (TPSA) is 71.8 Å². The second kappa shape index (κ2) is 7.28. The normalized spacial score (nSPS) is 10.8. The zero-order valence-corrected chi connectivity index (χ0v) is 13.6. The molecule has 0 aliphatic rings. The number of oxazole rings is 1. The lowest BCUT2D eigenvalue weighted by Gasteiger charge is -2.01. The second-order valence-electron chi connectivity index (χ2n) is 5.09. The van der Waals surface area contributed by atoms with Crippen LogP contribution < -0.4 is 5.56 Å². The number of aromatic amines is 1. The molecule has 0 spiro atoms. The van der Waals surface area contributed by atoms with Gasteiger partial charge in [-0.15, -0.1) is 0 Å². The predicted molar refractivity (Wildman–Crippen MR) is 90.4 cm³/mol. The first-order chi connectivity index (χ1) is 11.2. The molecule has 0 aliphatic carbocycles. The predicted octanol–water partition coefficient (Wildman–Crippen LogP) is 3.67. The van der Waals surface area contributed by atoms with Crippen molar-refractivity contribution in [3.05, 3.63) is 64.4 Å². The van der Waals surface area contributed by atoms with Crippen LogP contribution in [0.4, 0.5) is 0 Å². The van der Waals surface area contributed by atoms with E-state index in [4.69, 9.17) is 4.42 Å². The fourth-order valence-electron chi connectivity index (χ4n) is 2.16. The lowest BCUT2D eigenvalue weighted by atomic mass is 10.2. The fraction of sp³-hybridized carbons (Fsp3) is 0.235. The highest BCUT2D eigenvalue weighted by Gasteiger charge is 2.08. The molecular formula is C17H17N3O2S. The van der Waals surface area contributed by atoms with E-state index in [1.165, 1.54) is 11.8 Å². The van der Waals surface area contributed by atoms with Gasteiger partial charge in [-0.3, -0.25) is 4.79 Å². The Hall–Kier alpha value is -2.34. The Morgan fingerprint density at radius 1 is 1.17 bits per heavy atom. The van der Waals surface area contributed by atoms with Crippen LogP contribution in [0.15, 0.2) is 57.0 Å². The molecule has 0 radical (unpaired) electrons. The van der Waals surface area contributed by atoms with E-state index in [1.54, 1.807) is 12.3 Å². The Labute approximate surface area is 138 Å². The molecule has 2 heterocycles. The molecule has 1 N–H and O–H groups in total. The average molecular weight is 327 g/mol. The highest BCUT2D eigenvalue weighted by molar-refractivity contribution is 7.98. The van der Waals surface area contributed by atoms with Gasteiger partial charge < -0.3 is 9.40 Å². The molecule has 0 fully saturated rings. The summed E-state index contributed by atoms with van der Waals surface area (Å²) in [6.45, 7) is 2.07. The van der Waals surface area contributed by atoms with Gasteiger partial charge >= 0.3 is 0 Å². The van der Waals surface area contributed by atoms with Gasteiger partial charge in [0.25, 0.3) is 5.56 Å². The molecule has 0 bridgehead atoms. The molecule has 0 aliphatic heterocycles. The minimum absolute atomic E-state index is 0.115. The quantitative estimate of drug-likeness (QED) is 0.552. The second-order valence-corrected chi connectivity index (χ2v) is 6.05. The number of benzene rings is 1. The van der Waals surface area contributed by atoms with Gasteiger partial charge in [0, 0.05) is 23.1 Å². The molecular weight excluding hydrogens is 310 g/mol. The first-order valence-electron chi connectivity index (χ1n) is 7.47. The minimum atomic E-state index is -0.115. The van der Waals surface area contributed by atoms with Gasteiger partial charge in [-0.2, -0.15) is 0 Å². The maximum atomic E-state index is 11.6. The van der Waals surface area contributed by atoms with Crippen LogP contribution in [-0.2, 0) is 12.2 Å². The zero-order chi connectivity index (χ0) is 16.1.